The Morgan fingerprint density at radius 1 is 0.361 bits per heavy atom. The van der Waals surface area contributed by atoms with E-state index >= 15 is 0 Å². The van der Waals surface area contributed by atoms with E-state index in [-0.39, 0.29) is 24.1 Å². The molecular weight excluding hydrogens is 755 g/mol. The molecular formula is C55H107NO5. The zero-order valence-electron chi connectivity index (χ0n) is 41.7. The average molecular weight is 862 g/mol. The molecule has 0 aromatic heterocycles. The number of ether oxygens (including phenoxy) is 2. The third-order valence-corrected chi connectivity index (χ3v) is 12.9. The second-order valence-electron chi connectivity index (χ2n) is 19.0. The normalized spacial score (nSPS) is 11.7. The molecule has 0 heterocycles. The van der Waals surface area contributed by atoms with Crippen LogP contribution in [0.3, 0.4) is 0 Å². The summed E-state index contributed by atoms with van der Waals surface area (Å²) in [7, 11) is 0. The highest BCUT2D eigenvalue weighted by atomic mass is 16.5. The summed E-state index contributed by atoms with van der Waals surface area (Å²) in [5.41, 5.74) is 0. The molecule has 6 nitrogen and oxygen atoms in total. The topological polar surface area (TPSA) is 72.9 Å². The van der Waals surface area contributed by atoms with Gasteiger partial charge in [-0.2, -0.15) is 0 Å². The molecule has 61 heavy (non-hydrogen) atoms. The van der Waals surface area contributed by atoms with Crippen molar-refractivity contribution in [1.29, 1.82) is 0 Å². The molecule has 0 unspecified atom stereocenters. The second kappa shape index (κ2) is 49.6. The molecule has 0 N–H and O–H groups in total. The van der Waals surface area contributed by atoms with Gasteiger partial charge in [-0.1, -0.05) is 195 Å². The van der Waals surface area contributed by atoms with Crippen LogP contribution >= 0.6 is 0 Å². The summed E-state index contributed by atoms with van der Waals surface area (Å²) in [5.74, 6) is 0.0456. The van der Waals surface area contributed by atoms with Crippen LogP contribution in [0.5, 0.6) is 0 Å². The maximum absolute atomic E-state index is 12.8. The Labute approximate surface area is 381 Å². The lowest BCUT2D eigenvalue weighted by molar-refractivity contribution is -0.151. The predicted molar refractivity (Wildman–Crippen MR) is 263 cm³/mol. The average Bonchev–Trinajstić information content (AvgIpc) is 3.25. The molecule has 0 aliphatic heterocycles. The maximum Gasteiger partial charge on any atom is 0.306 e. The molecule has 0 saturated carbocycles. The molecule has 0 aliphatic rings. The van der Waals surface area contributed by atoms with Gasteiger partial charge in [0, 0.05) is 19.3 Å². The van der Waals surface area contributed by atoms with Crippen molar-refractivity contribution in [2.75, 3.05) is 19.6 Å². The summed E-state index contributed by atoms with van der Waals surface area (Å²) in [6.45, 7) is 12.4. The quantitative estimate of drug-likeness (QED) is 0.0345. The predicted octanol–water partition coefficient (Wildman–Crippen LogP) is 17.2. The Morgan fingerprint density at radius 3 is 0.934 bits per heavy atom. The van der Waals surface area contributed by atoms with Gasteiger partial charge in [-0.05, 0) is 110 Å². The fourth-order valence-corrected chi connectivity index (χ4v) is 8.79. The van der Waals surface area contributed by atoms with Gasteiger partial charge in [0.05, 0.1) is 0 Å². The van der Waals surface area contributed by atoms with Gasteiger partial charge in [-0.15, -0.1) is 0 Å². The van der Waals surface area contributed by atoms with Crippen molar-refractivity contribution in [1.82, 2.24) is 4.90 Å². The number of aldehydes is 1. The molecule has 0 atom stereocenters. The first kappa shape index (κ1) is 59.6. The van der Waals surface area contributed by atoms with Gasteiger partial charge in [-0.25, -0.2) is 0 Å². The van der Waals surface area contributed by atoms with Crippen LogP contribution in [0.15, 0.2) is 0 Å². The zero-order valence-corrected chi connectivity index (χ0v) is 41.7. The van der Waals surface area contributed by atoms with Gasteiger partial charge in [0.25, 0.3) is 0 Å². The van der Waals surface area contributed by atoms with Gasteiger partial charge < -0.3 is 19.2 Å². The summed E-state index contributed by atoms with van der Waals surface area (Å²) in [6, 6.07) is 0. The van der Waals surface area contributed by atoms with E-state index in [1.807, 2.05) is 0 Å². The number of hydrogen-bond donors (Lipinski definition) is 0. The van der Waals surface area contributed by atoms with Crippen molar-refractivity contribution in [2.45, 2.75) is 316 Å². The first-order chi connectivity index (χ1) is 30.0. The second-order valence-corrected chi connectivity index (χ2v) is 19.0. The minimum Gasteiger partial charge on any atom is -0.462 e. The lowest BCUT2D eigenvalue weighted by atomic mass is 10.0. The van der Waals surface area contributed by atoms with Crippen LogP contribution in [-0.4, -0.2) is 55.0 Å². The van der Waals surface area contributed by atoms with Crippen LogP contribution in [0.1, 0.15) is 304 Å². The van der Waals surface area contributed by atoms with E-state index in [2.05, 4.69) is 32.6 Å². The van der Waals surface area contributed by atoms with Crippen molar-refractivity contribution in [2.24, 2.45) is 0 Å². The summed E-state index contributed by atoms with van der Waals surface area (Å²) in [4.78, 5) is 39.2. The van der Waals surface area contributed by atoms with Crippen molar-refractivity contribution in [3.05, 3.63) is 0 Å². The molecule has 6 heteroatoms. The van der Waals surface area contributed by atoms with Crippen LogP contribution in [0.2, 0.25) is 0 Å². The summed E-state index contributed by atoms with van der Waals surface area (Å²) < 4.78 is 12.1. The van der Waals surface area contributed by atoms with E-state index in [1.165, 1.54) is 193 Å². The molecule has 0 fully saturated rings. The third-order valence-electron chi connectivity index (χ3n) is 12.9. The third kappa shape index (κ3) is 45.0. The Bertz CT molecular complexity index is 815. The number of rotatable bonds is 51. The first-order valence-electron chi connectivity index (χ1n) is 27.5. The van der Waals surface area contributed by atoms with E-state index in [9.17, 15) is 14.4 Å². The van der Waals surface area contributed by atoms with E-state index in [0.29, 0.717) is 19.3 Å². The smallest absolute Gasteiger partial charge is 0.306 e. The Balaban J connectivity index is 4.43. The molecule has 0 bridgehead atoms. The summed E-state index contributed by atoms with van der Waals surface area (Å²) >= 11 is 0. The molecule has 0 amide bonds. The monoisotopic (exact) mass is 862 g/mol. The van der Waals surface area contributed by atoms with E-state index in [1.54, 1.807) is 0 Å². The highest BCUT2D eigenvalue weighted by molar-refractivity contribution is 5.69. The Hall–Kier alpha value is -1.43. The number of hydrogen-bond acceptors (Lipinski definition) is 6. The van der Waals surface area contributed by atoms with E-state index in [0.717, 1.165) is 90.1 Å². The molecule has 0 rings (SSSR count). The van der Waals surface area contributed by atoms with Crippen LogP contribution < -0.4 is 0 Å². The molecule has 0 spiro atoms. The molecule has 0 saturated heterocycles. The van der Waals surface area contributed by atoms with Crippen molar-refractivity contribution in [3.63, 3.8) is 0 Å². The lowest BCUT2D eigenvalue weighted by Gasteiger charge is -2.22. The highest BCUT2D eigenvalue weighted by Crippen LogP contribution is 2.20. The minimum absolute atomic E-state index is 0.0228. The fraction of sp³-hybridized carbons (Fsp3) is 0.945. The minimum atomic E-state index is 0.0228. The van der Waals surface area contributed by atoms with Crippen molar-refractivity contribution < 1.29 is 23.9 Å². The maximum atomic E-state index is 12.8. The fourth-order valence-electron chi connectivity index (χ4n) is 8.79. The van der Waals surface area contributed by atoms with Crippen LogP contribution in [0, 0.1) is 0 Å². The van der Waals surface area contributed by atoms with Gasteiger partial charge in [0.2, 0.25) is 0 Å². The van der Waals surface area contributed by atoms with E-state index < -0.39 is 0 Å². The Kier molecular flexibility index (Phi) is 48.4. The molecule has 0 radical (unpaired) electrons. The van der Waals surface area contributed by atoms with Crippen molar-refractivity contribution >= 4 is 18.2 Å². The summed E-state index contributed by atoms with van der Waals surface area (Å²) in [5, 5.41) is 0. The number of carbonyl (C=O) groups is 3. The molecule has 0 aromatic carbocycles. The standard InChI is InChI=1S/C55H107NO5/c1-5-9-13-17-23-32-42-52(43-33-24-18-14-10-6-2)60-54(58)46-36-27-21-29-38-48-56(50-40-31-41-51-57)49-39-30-22-28-37-47-55(59)61-53(44-34-25-19-15-11-7-3)45-35-26-20-16-12-8-4/h51-53H,5-50H2,1-4H3. The number of carbonyl (C=O) groups excluding carboxylic acids is 3. The SMILES string of the molecule is CCCCCCCCC(CCCCCCCC)OC(=O)CCCCCCCN(CCCCC=O)CCCCCCCC(=O)OC(CCCCCCCC)CCCCCCCC. The number of nitrogens with zero attached hydrogens (tertiary/aromatic N) is 1. The zero-order chi connectivity index (χ0) is 44.5. The first-order valence-corrected chi connectivity index (χ1v) is 27.5. The molecule has 0 aromatic rings. The van der Waals surface area contributed by atoms with Gasteiger partial charge >= 0.3 is 11.9 Å². The highest BCUT2D eigenvalue weighted by Gasteiger charge is 2.16. The number of unbranched alkanes of at least 4 members (excludes halogenated alkanes) is 30. The van der Waals surface area contributed by atoms with Crippen molar-refractivity contribution in [3.8, 4) is 0 Å². The van der Waals surface area contributed by atoms with Crippen LogP contribution in [0.4, 0.5) is 0 Å². The number of esters is 2. The van der Waals surface area contributed by atoms with Crippen LogP contribution in [0.25, 0.3) is 0 Å². The van der Waals surface area contributed by atoms with E-state index in [4.69, 9.17) is 9.47 Å². The van der Waals surface area contributed by atoms with Crippen LogP contribution in [-0.2, 0) is 23.9 Å². The van der Waals surface area contributed by atoms with Gasteiger partial charge in [-0.3, -0.25) is 9.59 Å². The largest absolute Gasteiger partial charge is 0.462 e. The van der Waals surface area contributed by atoms with Gasteiger partial charge in [0.15, 0.2) is 0 Å². The molecule has 0 aliphatic carbocycles. The Morgan fingerprint density at radius 2 is 0.623 bits per heavy atom. The van der Waals surface area contributed by atoms with Gasteiger partial charge in [0.1, 0.15) is 18.5 Å². The lowest BCUT2D eigenvalue weighted by Crippen LogP contribution is -2.27. The molecule has 362 valence electrons. The summed E-state index contributed by atoms with van der Waals surface area (Å²) in [6.07, 6.45) is 51.3.